The molecule has 0 saturated carbocycles. The van der Waals surface area contributed by atoms with Gasteiger partial charge in [0.1, 0.15) is 10.4 Å². The molecule has 0 amide bonds. The van der Waals surface area contributed by atoms with E-state index in [0.717, 1.165) is 16.8 Å². The predicted molar refractivity (Wildman–Crippen MR) is 51.2 cm³/mol. The summed E-state index contributed by atoms with van der Waals surface area (Å²) in [4.78, 5) is 0. The van der Waals surface area contributed by atoms with E-state index in [-0.39, 0.29) is 0 Å². The second-order valence-corrected chi connectivity index (χ2v) is 4.37. The summed E-state index contributed by atoms with van der Waals surface area (Å²) in [5.74, 6) is 0. The Balaban J connectivity index is 2.26. The van der Waals surface area contributed by atoms with Crippen LogP contribution in [0.5, 0.6) is 0 Å². The highest BCUT2D eigenvalue weighted by Crippen LogP contribution is 2.16. The summed E-state index contributed by atoms with van der Waals surface area (Å²) >= 11 is 0. The van der Waals surface area contributed by atoms with Crippen molar-refractivity contribution in [3.8, 4) is 0 Å². The lowest BCUT2D eigenvalue weighted by Gasteiger charge is -2.08. The average molecular weight is 181 g/mol. The summed E-state index contributed by atoms with van der Waals surface area (Å²) in [6.07, 6.45) is 7.72. The SMILES string of the molecule is [SiH3]n1nnc2c1CCCCCC2. The molecule has 66 valence electrons. The molecule has 0 atom stereocenters. The quantitative estimate of drug-likeness (QED) is 0.530. The van der Waals surface area contributed by atoms with Crippen LogP contribution in [0.1, 0.15) is 37.1 Å². The fourth-order valence-corrected chi connectivity index (χ4v) is 2.43. The van der Waals surface area contributed by atoms with Gasteiger partial charge in [-0.25, -0.2) is 0 Å². The van der Waals surface area contributed by atoms with Crippen LogP contribution in [0.2, 0.25) is 0 Å². The fraction of sp³-hybridized carbons (Fsp3) is 0.750. The average Bonchev–Trinajstić information content (AvgIpc) is 2.31. The van der Waals surface area contributed by atoms with Gasteiger partial charge in [0.05, 0.1) is 11.4 Å². The lowest BCUT2D eigenvalue weighted by atomic mass is 10.0. The molecule has 12 heavy (non-hydrogen) atoms. The molecule has 4 heteroatoms. The molecule has 1 aliphatic rings. The van der Waals surface area contributed by atoms with Crippen LogP contribution in [0.4, 0.5) is 0 Å². The van der Waals surface area contributed by atoms with Crippen molar-refractivity contribution in [2.75, 3.05) is 0 Å². The molecule has 0 aliphatic heterocycles. The van der Waals surface area contributed by atoms with E-state index >= 15 is 0 Å². The Morgan fingerprint density at radius 2 is 1.83 bits per heavy atom. The molecule has 0 bridgehead atoms. The van der Waals surface area contributed by atoms with E-state index in [9.17, 15) is 0 Å². The zero-order valence-electron chi connectivity index (χ0n) is 7.58. The second kappa shape index (κ2) is 3.39. The van der Waals surface area contributed by atoms with Crippen LogP contribution >= 0.6 is 0 Å². The summed E-state index contributed by atoms with van der Waals surface area (Å²) in [7, 11) is 0.985. The summed E-state index contributed by atoms with van der Waals surface area (Å²) in [6.45, 7) is 0. The van der Waals surface area contributed by atoms with Crippen LogP contribution in [0, 0.1) is 0 Å². The minimum Gasteiger partial charge on any atom is -0.289 e. The van der Waals surface area contributed by atoms with Gasteiger partial charge in [0.25, 0.3) is 0 Å². The molecule has 0 saturated heterocycles. The zero-order chi connectivity index (χ0) is 8.39. The van der Waals surface area contributed by atoms with Crippen LogP contribution in [0.3, 0.4) is 0 Å². The first kappa shape index (κ1) is 7.98. The topological polar surface area (TPSA) is 30.7 Å². The van der Waals surface area contributed by atoms with E-state index in [0.29, 0.717) is 0 Å². The van der Waals surface area contributed by atoms with Crippen molar-refractivity contribution in [3.63, 3.8) is 0 Å². The molecule has 0 spiro atoms. The number of aromatic nitrogens is 3. The van der Waals surface area contributed by atoms with E-state index in [4.69, 9.17) is 0 Å². The van der Waals surface area contributed by atoms with Gasteiger partial charge < -0.3 is 0 Å². The van der Waals surface area contributed by atoms with E-state index in [1.54, 1.807) is 0 Å². The molecule has 1 heterocycles. The van der Waals surface area contributed by atoms with Gasteiger partial charge in [-0.2, -0.15) is 0 Å². The van der Waals surface area contributed by atoms with E-state index in [1.807, 2.05) is 0 Å². The molecule has 3 nitrogen and oxygen atoms in total. The monoisotopic (exact) mass is 181 g/mol. The molecule has 0 N–H and O–H groups in total. The van der Waals surface area contributed by atoms with E-state index < -0.39 is 0 Å². The van der Waals surface area contributed by atoms with Crippen molar-refractivity contribution < 1.29 is 0 Å². The Morgan fingerprint density at radius 1 is 1.08 bits per heavy atom. The van der Waals surface area contributed by atoms with Gasteiger partial charge in [-0.15, -0.1) is 5.10 Å². The third kappa shape index (κ3) is 1.43. The highest BCUT2D eigenvalue weighted by molar-refractivity contribution is 6.06. The number of aryl methyl sites for hydroxylation is 1. The number of fused-ring (bicyclic) bond motifs is 1. The van der Waals surface area contributed by atoms with E-state index in [2.05, 4.69) is 14.7 Å². The molecule has 1 aromatic rings. The standard InChI is InChI=1S/C8H15N3Si/c12-11-8-6-4-2-1-3-5-7(8)9-10-11/h1-6H2,12H3. The fourth-order valence-electron chi connectivity index (χ4n) is 1.86. The molecule has 0 unspecified atom stereocenters. The van der Waals surface area contributed by atoms with Gasteiger partial charge in [-0.3, -0.25) is 4.35 Å². The van der Waals surface area contributed by atoms with Gasteiger partial charge in [0.15, 0.2) is 0 Å². The lowest BCUT2D eigenvalue weighted by Crippen LogP contribution is -2.05. The maximum absolute atomic E-state index is 4.21. The van der Waals surface area contributed by atoms with Gasteiger partial charge in [-0.1, -0.05) is 18.1 Å². The number of hydrogen-bond acceptors (Lipinski definition) is 2. The van der Waals surface area contributed by atoms with Crippen LogP contribution in [0.25, 0.3) is 0 Å². The van der Waals surface area contributed by atoms with Crippen molar-refractivity contribution in [2.24, 2.45) is 0 Å². The molecular formula is C8H15N3Si. The molecule has 0 radical (unpaired) electrons. The van der Waals surface area contributed by atoms with Crippen molar-refractivity contribution in [1.82, 2.24) is 14.7 Å². The Kier molecular flexibility index (Phi) is 2.25. The maximum Gasteiger partial charge on any atom is 0.141 e. The number of nitrogens with zero attached hydrogens (tertiary/aromatic N) is 3. The Morgan fingerprint density at radius 3 is 2.67 bits per heavy atom. The first-order valence-electron chi connectivity index (χ1n) is 4.75. The summed E-state index contributed by atoms with van der Waals surface area (Å²) in [5, 5.41) is 8.32. The van der Waals surface area contributed by atoms with Gasteiger partial charge in [0.2, 0.25) is 0 Å². The maximum atomic E-state index is 4.21. The van der Waals surface area contributed by atoms with Crippen LogP contribution < -0.4 is 0 Å². The number of hydrogen-bond donors (Lipinski definition) is 0. The molecule has 2 rings (SSSR count). The second-order valence-electron chi connectivity index (χ2n) is 3.52. The summed E-state index contributed by atoms with van der Waals surface area (Å²) in [6, 6.07) is 0. The van der Waals surface area contributed by atoms with Crippen molar-refractivity contribution >= 4 is 10.4 Å². The van der Waals surface area contributed by atoms with Gasteiger partial charge in [0, 0.05) is 0 Å². The number of rotatable bonds is 0. The predicted octanol–water partition coefficient (Wildman–Crippen LogP) is 0.0656. The Hall–Kier alpha value is -0.643. The van der Waals surface area contributed by atoms with Gasteiger partial charge >= 0.3 is 0 Å². The minimum atomic E-state index is 0.985. The van der Waals surface area contributed by atoms with Crippen LogP contribution in [-0.4, -0.2) is 25.1 Å². The normalized spacial score (nSPS) is 18.3. The summed E-state index contributed by atoms with van der Waals surface area (Å²) in [5.41, 5.74) is 2.69. The third-order valence-corrected chi connectivity index (χ3v) is 3.32. The molecule has 0 fully saturated rings. The van der Waals surface area contributed by atoms with Crippen molar-refractivity contribution in [1.29, 1.82) is 0 Å². The largest absolute Gasteiger partial charge is 0.289 e. The molecule has 0 aromatic carbocycles. The zero-order valence-corrected chi connectivity index (χ0v) is 9.58. The van der Waals surface area contributed by atoms with Crippen LogP contribution in [0.15, 0.2) is 0 Å². The Labute approximate surface area is 75.7 Å². The third-order valence-electron chi connectivity index (χ3n) is 2.60. The highest BCUT2D eigenvalue weighted by atomic mass is 28.2. The molecule has 1 aromatic heterocycles. The highest BCUT2D eigenvalue weighted by Gasteiger charge is 2.11. The van der Waals surface area contributed by atoms with Crippen LogP contribution in [-0.2, 0) is 12.8 Å². The first-order valence-corrected chi connectivity index (χ1v) is 5.65. The smallest absolute Gasteiger partial charge is 0.141 e. The van der Waals surface area contributed by atoms with E-state index in [1.165, 1.54) is 43.5 Å². The molecular weight excluding hydrogens is 166 g/mol. The van der Waals surface area contributed by atoms with Crippen molar-refractivity contribution in [3.05, 3.63) is 11.4 Å². The minimum absolute atomic E-state index is 0.985. The van der Waals surface area contributed by atoms with Crippen molar-refractivity contribution in [2.45, 2.75) is 38.5 Å². The van der Waals surface area contributed by atoms with Gasteiger partial charge in [-0.05, 0) is 25.7 Å². The summed E-state index contributed by atoms with van der Waals surface area (Å²) < 4.78 is 2.07. The first-order chi connectivity index (χ1) is 5.88. The lowest BCUT2D eigenvalue weighted by molar-refractivity contribution is 0.605. The molecule has 1 aliphatic carbocycles. The Bertz CT molecular complexity index is 269.